The summed E-state index contributed by atoms with van der Waals surface area (Å²) in [6.07, 6.45) is 14.0. The second-order valence-corrected chi connectivity index (χ2v) is 7.64. The van der Waals surface area contributed by atoms with Crippen LogP contribution in [-0.4, -0.2) is 30.7 Å². The van der Waals surface area contributed by atoms with E-state index in [1.165, 1.54) is 38.5 Å². The number of amides is 1. The lowest BCUT2D eigenvalue weighted by molar-refractivity contribution is -0.133. The highest BCUT2D eigenvalue weighted by molar-refractivity contribution is 5.96. The molecule has 1 fully saturated rings. The first-order valence-corrected chi connectivity index (χ1v) is 9.31. The van der Waals surface area contributed by atoms with Gasteiger partial charge in [0.1, 0.15) is 0 Å². The van der Waals surface area contributed by atoms with Gasteiger partial charge in [-0.2, -0.15) is 0 Å². The Kier molecular flexibility index (Phi) is 5.25. The molecule has 1 saturated carbocycles. The number of nitrogens with zero attached hydrogens (tertiary/aromatic N) is 1. The van der Waals surface area contributed by atoms with Crippen molar-refractivity contribution in [2.45, 2.75) is 65.0 Å². The standard InChI is InChI=1S/C20H31NO2/c1-14-15(2)20(23-3)21(19(14)22)11-7-5-4-6-8-17-12-16-9-10-18(17)13-16/h9-10,16-18,20H,4-8,11-13H2,1-3H3. The normalized spacial score (nSPS) is 32.7. The molecule has 0 radical (unpaired) electrons. The summed E-state index contributed by atoms with van der Waals surface area (Å²) in [5, 5.41) is 0. The van der Waals surface area contributed by atoms with Crippen molar-refractivity contribution in [1.82, 2.24) is 4.90 Å². The fourth-order valence-corrected chi connectivity index (χ4v) is 4.70. The van der Waals surface area contributed by atoms with E-state index in [-0.39, 0.29) is 12.1 Å². The molecule has 0 aromatic carbocycles. The van der Waals surface area contributed by atoms with Crippen molar-refractivity contribution < 1.29 is 9.53 Å². The van der Waals surface area contributed by atoms with Crippen LogP contribution in [0.3, 0.4) is 0 Å². The SMILES string of the molecule is COC1C(C)=C(C)C(=O)N1CCCCCCC1CC2C=CC1C2. The van der Waals surface area contributed by atoms with Crippen LogP contribution in [0.15, 0.2) is 23.3 Å². The molecule has 2 aliphatic carbocycles. The van der Waals surface area contributed by atoms with Gasteiger partial charge in [-0.05, 0) is 62.9 Å². The number of carbonyl (C=O) groups excluding carboxylic acids is 1. The summed E-state index contributed by atoms with van der Waals surface area (Å²) >= 11 is 0. The van der Waals surface area contributed by atoms with Gasteiger partial charge < -0.3 is 9.64 Å². The molecule has 3 rings (SSSR count). The zero-order valence-electron chi connectivity index (χ0n) is 14.9. The van der Waals surface area contributed by atoms with Gasteiger partial charge in [-0.3, -0.25) is 4.79 Å². The van der Waals surface area contributed by atoms with Gasteiger partial charge in [0.2, 0.25) is 0 Å². The third-order valence-corrected chi connectivity index (χ3v) is 6.19. The lowest BCUT2D eigenvalue weighted by atomic mass is 9.88. The molecule has 128 valence electrons. The van der Waals surface area contributed by atoms with E-state index in [9.17, 15) is 4.79 Å². The summed E-state index contributed by atoms with van der Waals surface area (Å²) in [4.78, 5) is 14.1. The van der Waals surface area contributed by atoms with Crippen LogP contribution in [0.2, 0.25) is 0 Å². The lowest BCUT2D eigenvalue weighted by Gasteiger charge is -2.25. The van der Waals surface area contributed by atoms with Crippen LogP contribution in [0.1, 0.15) is 58.8 Å². The topological polar surface area (TPSA) is 29.5 Å². The Morgan fingerprint density at radius 2 is 1.91 bits per heavy atom. The highest BCUT2D eigenvalue weighted by Crippen LogP contribution is 2.45. The summed E-state index contributed by atoms with van der Waals surface area (Å²) in [5.41, 5.74) is 1.93. The maximum atomic E-state index is 12.2. The molecule has 1 heterocycles. The van der Waals surface area contributed by atoms with Gasteiger partial charge >= 0.3 is 0 Å². The zero-order valence-corrected chi connectivity index (χ0v) is 14.9. The number of rotatable bonds is 8. The smallest absolute Gasteiger partial charge is 0.251 e. The van der Waals surface area contributed by atoms with Crippen LogP contribution >= 0.6 is 0 Å². The number of carbonyl (C=O) groups is 1. The molecule has 4 atom stereocenters. The summed E-state index contributed by atoms with van der Waals surface area (Å²) in [6, 6.07) is 0. The van der Waals surface area contributed by atoms with E-state index in [0.717, 1.165) is 41.9 Å². The van der Waals surface area contributed by atoms with Crippen molar-refractivity contribution in [2.75, 3.05) is 13.7 Å². The summed E-state index contributed by atoms with van der Waals surface area (Å²) < 4.78 is 5.49. The van der Waals surface area contributed by atoms with E-state index >= 15 is 0 Å². The van der Waals surface area contributed by atoms with E-state index in [2.05, 4.69) is 12.2 Å². The van der Waals surface area contributed by atoms with Gasteiger partial charge in [-0.25, -0.2) is 0 Å². The van der Waals surface area contributed by atoms with E-state index in [0.29, 0.717) is 0 Å². The Balaban J connectivity index is 1.31. The van der Waals surface area contributed by atoms with Crippen LogP contribution in [0.4, 0.5) is 0 Å². The minimum Gasteiger partial charge on any atom is -0.358 e. The average molecular weight is 317 g/mol. The number of hydrogen-bond donors (Lipinski definition) is 0. The van der Waals surface area contributed by atoms with E-state index in [1.54, 1.807) is 7.11 Å². The van der Waals surface area contributed by atoms with E-state index in [4.69, 9.17) is 4.74 Å². The molecule has 1 aliphatic heterocycles. The van der Waals surface area contributed by atoms with Gasteiger partial charge in [0.15, 0.2) is 6.23 Å². The molecule has 0 aromatic rings. The van der Waals surface area contributed by atoms with Crippen LogP contribution < -0.4 is 0 Å². The largest absolute Gasteiger partial charge is 0.358 e. The highest BCUT2D eigenvalue weighted by atomic mass is 16.5. The zero-order chi connectivity index (χ0) is 16.4. The number of methoxy groups -OCH3 is 1. The van der Waals surface area contributed by atoms with Crippen molar-refractivity contribution in [3.63, 3.8) is 0 Å². The number of unbranched alkanes of at least 4 members (excludes halogenated alkanes) is 3. The van der Waals surface area contributed by atoms with Gasteiger partial charge in [0, 0.05) is 19.2 Å². The fourth-order valence-electron chi connectivity index (χ4n) is 4.70. The number of fused-ring (bicyclic) bond motifs is 2. The predicted octanol–water partition coefficient (Wildman–Crippen LogP) is 4.30. The van der Waals surface area contributed by atoms with Crippen LogP contribution in [0, 0.1) is 17.8 Å². The number of hydrogen-bond acceptors (Lipinski definition) is 2. The third kappa shape index (κ3) is 3.40. The molecular weight excluding hydrogens is 286 g/mol. The third-order valence-electron chi connectivity index (χ3n) is 6.19. The van der Waals surface area contributed by atoms with Crippen molar-refractivity contribution in [2.24, 2.45) is 17.8 Å². The number of allylic oxidation sites excluding steroid dienone is 2. The first-order valence-electron chi connectivity index (χ1n) is 9.31. The van der Waals surface area contributed by atoms with Crippen LogP contribution in [0.5, 0.6) is 0 Å². The predicted molar refractivity (Wildman–Crippen MR) is 92.8 cm³/mol. The molecule has 0 N–H and O–H groups in total. The quantitative estimate of drug-likeness (QED) is 0.493. The van der Waals surface area contributed by atoms with Gasteiger partial charge in [0.05, 0.1) is 0 Å². The molecule has 3 nitrogen and oxygen atoms in total. The molecule has 0 aromatic heterocycles. The maximum Gasteiger partial charge on any atom is 0.251 e. The second kappa shape index (κ2) is 7.21. The summed E-state index contributed by atoms with van der Waals surface area (Å²) in [5.74, 6) is 2.90. The average Bonchev–Trinajstić information content (AvgIpc) is 3.22. The fraction of sp³-hybridized carbons (Fsp3) is 0.750. The van der Waals surface area contributed by atoms with E-state index in [1.807, 2.05) is 18.7 Å². The molecule has 2 bridgehead atoms. The first-order chi connectivity index (χ1) is 11.1. The number of ether oxygens (including phenoxy) is 1. The molecule has 4 unspecified atom stereocenters. The molecular formula is C20H31NO2. The maximum absolute atomic E-state index is 12.2. The van der Waals surface area contributed by atoms with Gasteiger partial charge in [-0.1, -0.05) is 31.4 Å². The summed E-state index contributed by atoms with van der Waals surface area (Å²) in [7, 11) is 1.69. The van der Waals surface area contributed by atoms with Crippen LogP contribution in [0.25, 0.3) is 0 Å². The summed E-state index contributed by atoms with van der Waals surface area (Å²) in [6.45, 7) is 4.74. The van der Waals surface area contributed by atoms with Crippen LogP contribution in [-0.2, 0) is 9.53 Å². The highest BCUT2D eigenvalue weighted by Gasteiger charge is 2.35. The van der Waals surface area contributed by atoms with Crippen molar-refractivity contribution in [3.8, 4) is 0 Å². The molecule has 0 saturated heterocycles. The molecule has 1 amide bonds. The van der Waals surface area contributed by atoms with Crippen molar-refractivity contribution in [3.05, 3.63) is 23.3 Å². The Hall–Kier alpha value is -1.09. The van der Waals surface area contributed by atoms with Crippen molar-refractivity contribution >= 4 is 5.91 Å². The van der Waals surface area contributed by atoms with Gasteiger partial charge in [-0.15, -0.1) is 0 Å². The Morgan fingerprint density at radius 3 is 2.57 bits per heavy atom. The second-order valence-electron chi connectivity index (χ2n) is 7.64. The Labute approximate surface area is 140 Å². The molecule has 3 heteroatoms. The lowest BCUT2D eigenvalue weighted by Crippen LogP contribution is -2.37. The Bertz CT molecular complexity index is 508. The first kappa shape index (κ1) is 16.8. The van der Waals surface area contributed by atoms with Crippen molar-refractivity contribution in [1.29, 1.82) is 0 Å². The monoisotopic (exact) mass is 317 g/mol. The van der Waals surface area contributed by atoms with E-state index < -0.39 is 0 Å². The molecule has 3 aliphatic rings. The minimum atomic E-state index is -0.136. The molecule has 0 spiro atoms. The molecule has 23 heavy (non-hydrogen) atoms. The minimum absolute atomic E-state index is 0.136. The van der Waals surface area contributed by atoms with Gasteiger partial charge in [0.25, 0.3) is 5.91 Å². The Morgan fingerprint density at radius 1 is 1.13 bits per heavy atom.